The Morgan fingerprint density at radius 3 is 2.62 bits per heavy atom. The van der Waals surface area contributed by atoms with Gasteiger partial charge in [0.1, 0.15) is 0 Å². The van der Waals surface area contributed by atoms with Crippen molar-refractivity contribution in [3.8, 4) is 0 Å². The summed E-state index contributed by atoms with van der Waals surface area (Å²) in [6.07, 6.45) is 3.96. The smallest absolute Gasteiger partial charge is 0.270 e. The van der Waals surface area contributed by atoms with E-state index < -0.39 is 4.92 Å². The zero-order chi connectivity index (χ0) is 22.5. The van der Waals surface area contributed by atoms with Crippen LogP contribution < -0.4 is 4.90 Å². The average Bonchev–Trinajstić information content (AvgIpc) is 3.24. The maximum absolute atomic E-state index is 13.2. The largest absolute Gasteiger partial charge is 0.280 e. The number of fused-ring (bicyclic) bond motifs is 1. The van der Waals surface area contributed by atoms with Gasteiger partial charge in [0.2, 0.25) is 0 Å². The first-order chi connectivity index (χ1) is 15.5. The molecule has 1 amide bonds. The lowest BCUT2D eigenvalue weighted by atomic mass is 10.2. The molecule has 160 valence electrons. The van der Waals surface area contributed by atoms with Crippen LogP contribution in [0.5, 0.6) is 0 Å². The van der Waals surface area contributed by atoms with Crippen LogP contribution in [0.1, 0.15) is 23.6 Å². The second kappa shape index (κ2) is 9.53. The predicted molar refractivity (Wildman–Crippen MR) is 129 cm³/mol. The normalized spacial score (nSPS) is 11.2. The Bertz CT molecular complexity index is 1300. The number of nitro benzene ring substituents is 1. The predicted octanol–water partition coefficient (Wildman–Crippen LogP) is 6.01. The minimum Gasteiger partial charge on any atom is -0.280 e. The summed E-state index contributed by atoms with van der Waals surface area (Å²) in [5, 5.41) is 11.6. The van der Waals surface area contributed by atoms with E-state index in [4.69, 9.17) is 4.98 Å². The highest BCUT2D eigenvalue weighted by Crippen LogP contribution is 2.31. The highest BCUT2D eigenvalue weighted by atomic mass is 32.1. The van der Waals surface area contributed by atoms with Crippen LogP contribution >= 0.6 is 11.3 Å². The molecule has 0 unspecified atom stereocenters. The van der Waals surface area contributed by atoms with Crippen molar-refractivity contribution >= 4 is 44.4 Å². The molecule has 7 heteroatoms. The van der Waals surface area contributed by atoms with Crippen molar-refractivity contribution in [2.24, 2.45) is 0 Å². The number of aryl methyl sites for hydroxylation is 1. The van der Waals surface area contributed by atoms with Gasteiger partial charge in [-0.25, -0.2) is 4.98 Å². The van der Waals surface area contributed by atoms with E-state index >= 15 is 0 Å². The summed E-state index contributed by atoms with van der Waals surface area (Å²) in [5.41, 5.74) is 3.63. The maximum Gasteiger partial charge on any atom is 0.270 e. The zero-order valence-electron chi connectivity index (χ0n) is 17.5. The topological polar surface area (TPSA) is 76.3 Å². The van der Waals surface area contributed by atoms with Crippen molar-refractivity contribution in [2.45, 2.75) is 19.9 Å². The second-order valence-corrected chi connectivity index (χ2v) is 8.26. The first-order valence-electron chi connectivity index (χ1n) is 10.2. The fraction of sp³-hybridized carbons (Fsp3) is 0.120. The third-order valence-corrected chi connectivity index (χ3v) is 6.07. The zero-order valence-corrected chi connectivity index (χ0v) is 18.3. The number of anilines is 1. The molecule has 0 bridgehead atoms. The molecule has 32 heavy (non-hydrogen) atoms. The number of thiazole rings is 1. The lowest BCUT2D eigenvalue weighted by Crippen LogP contribution is -2.28. The van der Waals surface area contributed by atoms with Crippen LogP contribution in [0.4, 0.5) is 10.8 Å². The molecule has 0 aliphatic carbocycles. The third-order valence-electron chi connectivity index (χ3n) is 5.03. The van der Waals surface area contributed by atoms with E-state index in [0.717, 1.165) is 22.2 Å². The van der Waals surface area contributed by atoms with E-state index in [0.29, 0.717) is 17.2 Å². The van der Waals surface area contributed by atoms with Gasteiger partial charge in [-0.05, 0) is 41.3 Å². The molecule has 0 aliphatic heterocycles. The Balaban J connectivity index is 1.67. The molecule has 4 aromatic rings. The molecule has 0 saturated heterocycles. The van der Waals surface area contributed by atoms with Crippen LogP contribution in [0, 0.1) is 10.1 Å². The molecule has 0 saturated carbocycles. The molecule has 0 atom stereocenters. The molecule has 4 rings (SSSR count). The molecule has 6 nitrogen and oxygen atoms in total. The number of benzene rings is 3. The van der Waals surface area contributed by atoms with Crippen LogP contribution in [0.25, 0.3) is 16.3 Å². The summed E-state index contributed by atoms with van der Waals surface area (Å²) in [6.45, 7) is 2.48. The Kier molecular flexibility index (Phi) is 6.37. The first-order valence-corrected chi connectivity index (χ1v) is 11.0. The molecule has 1 aromatic heterocycles. The van der Waals surface area contributed by atoms with Gasteiger partial charge in [0.05, 0.1) is 21.7 Å². The molecule has 3 aromatic carbocycles. The number of carbonyl (C=O) groups is 1. The number of aromatic nitrogens is 1. The van der Waals surface area contributed by atoms with Gasteiger partial charge in [-0.2, -0.15) is 0 Å². The molecular weight excluding hydrogens is 422 g/mol. The van der Waals surface area contributed by atoms with Crippen molar-refractivity contribution < 1.29 is 9.72 Å². The van der Waals surface area contributed by atoms with Crippen LogP contribution in [0.3, 0.4) is 0 Å². The standard InChI is InChI=1S/C25H21N3O3S/c1-2-18-11-13-22-23(16-18)32-25(26-22)27(17-20-7-4-3-5-8-20)24(29)14-12-19-9-6-10-21(15-19)28(30)31/h3-16H,2,17H2,1H3/b14-12+. The van der Waals surface area contributed by atoms with Gasteiger partial charge in [0.25, 0.3) is 11.6 Å². The monoisotopic (exact) mass is 443 g/mol. The van der Waals surface area contributed by atoms with Gasteiger partial charge in [-0.15, -0.1) is 0 Å². The summed E-state index contributed by atoms with van der Waals surface area (Å²) < 4.78 is 1.04. The van der Waals surface area contributed by atoms with Gasteiger partial charge in [-0.3, -0.25) is 19.8 Å². The van der Waals surface area contributed by atoms with E-state index in [2.05, 4.69) is 19.1 Å². The first kappa shape index (κ1) is 21.4. The van der Waals surface area contributed by atoms with Crippen molar-refractivity contribution in [3.63, 3.8) is 0 Å². The quantitative estimate of drug-likeness (QED) is 0.199. The Morgan fingerprint density at radius 2 is 1.88 bits per heavy atom. The third kappa shape index (κ3) is 4.90. The summed E-state index contributed by atoms with van der Waals surface area (Å²) in [4.78, 5) is 30.1. The van der Waals surface area contributed by atoms with E-state index in [1.807, 2.05) is 36.4 Å². The summed E-state index contributed by atoms with van der Waals surface area (Å²) in [6, 6.07) is 22.1. The number of nitro groups is 1. The van der Waals surface area contributed by atoms with Crippen molar-refractivity contribution in [2.75, 3.05) is 4.90 Å². The number of non-ortho nitro benzene ring substituents is 1. The van der Waals surface area contributed by atoms with Gasteiger partial charge in [0, 0.05) is 18.2 Å². The number of hydrogen-bond acceptors (Lipinski definition) is 5. The van der Waals surface area contributed by atoms with Gasteiger partial charge < -0.3 is 0 Å². The molecule has 0 spiro atoms. The van der Waals surface area contributed by atoms with Gasteiger partial charge >= 0.3 is 0 Å². The summed E-state index contributed by atoms with van der Waals surface area (Å²) >= 11 is 1.48. The number of nitrogens with zero attached hydrogens (tertiary/aromatic N) is 3. The van der Waals surface area contributed by atoms with E-state index in [1.165, 1.54) is 35.1 Å². The minimum absolute atomic E-state index is 0.0151. The Morgan fingerprint density at radius 1 is 1.06 bits per heavy atom. The van der Waals surface area contributed by atoms with Crippen LogP contribution in [0.2, 0.25) is 0 Å². The molecule has 0 radical (unpaired) electrons. The van der Waals surface area contributed by atoms with Crippen LogP contribution in [-0.2, 0) is 17.8 Å². The summed E-state index contributed by atoms with van der Waals surface area (Å²) in [5.74, 6) is -0.241. The number of carbonyl (C=O) groups excluding carboxylic acids is 1. The molecular formula is C25H21N3O3S. The lowest BCUT2D eigenvalue weighted by Gasteiger charge is -2.18. The SMILES string of the molecule is CCc1ccc2nc(N(Cc3ccccc3)C(=O)/C=C/c3cccc([N+](=O)[O-])c3)sc2c1. The van der Waals surface area contributed by atoms with E-state index in [1.54, 1.807) is 23.1 Å². The van der Waals surface area contributed by atoms with E-state index in [-0.39, 0.29) is 11.6 Å². The summed E-state index contributed by atoms with van der Waals surface area (Å²) in [7, 11) is 0. The fourth-order valence-corrected chi connectivity index (χ4v) is 4.33. The van der Waals surface area contributed by atoms with Crippen LogP contribution in [0.15, 0.2) is 78.9 Å². The Hall–Kier alpha value is -3.84. The lowest BCUT2D eigenvalue weighted by molar-refractivity contribution is -0.384. The Labute approximate surface area is 189 Å². The van der Waals surface area contributed by atoms with Crippen LogP contribution in [-0.4, -0.2) is 15.8 Å². The second-order valence-electron chi connectivity index (χ2n) is 7.25. The molecule has 0 N–H and O–H groups in total. The van der Waals surface area contributed by atoms with E-state index in [9.17, 15) is 14.9 Å². The molecule has 1 heterocycles. The number of rotatable bonds is 7. The van der Waals surface area contributed by atoms with Gasteiger partial charge in [0.15, 0.2) is 5.13 Å². The number of amides is 1. The minimum atomic E-state index is -0.452. The molecule has 0 aliphatic rings. The average molecular weight is 444 g/mol. The molecule has 0 fully saturated rings. The fourth-order valence-electron chi connectivity index (χ4n) is 3.30. The number of hydrogen-bond donors (Lipinski definition) is 0. The van der Waals surface area contributed by atoms with Crippen molar-refractivity contribution in [1.82, 2.24) is 4.98 Å². The van der Waals surface area contributed by atoms with Crippen molar-refractivity contribution in [3.05, 3.63) is 106 Å². The van der Waals surface area contributed by atoms with Crippen molar-refractivity contribution in [1.29, 1.82) is 0 Å². The highest BCUT2D eigenvalue weighted by molar-refractivity contribution is 7.22. The maximum atomic E-state index is 13.2. The van der Waals surface area contributed by atoms with Gasteiger partial charge in [-0.1, -0.05) is 66.8 Å². The highest BCUT2D eigenvalue weighted by Gasteiger charge is 2.19.